The Balaban J connectivity index is 1.70. The summed E-state index contributed by atoms with van der Waals surface area (Å²) in [4.78, 5) is 13.1. The van der Waals surface area contributed by atoms with E-state index in [1.165, 1.54) is 0 Å². The summed E-state index contributed by atoms with van der Waals surface area (Å²) < 4.78 is 17.4. The third kappa shape index (κ3) is 3.59. The Morgan fingerprint density at radius 2 is 1.19 bits per heavy atom. The van der Waals surface area contributed by atoms with Gasteiger partial charge in [0.25, 0.3) is 0 Å². The highest BCUT2D eigenvalue weighted by Gasteiger charge is 2.20. The first-order valence-corrected chi connectivity index (χ1v) is 11.8. The number of carbonyl (C=O) groups is 1. The number of fused-ring (bicyclic) bond motifs is 8. The van der Waals surface area contributed by atoms with Crippen LogP contribution in [-0.4, -0.2) is 20.2 Å². The third-order valence-electron chi connectivity index (χ3n) is 6.71. The van der Waals surface area contributed by atoms with Crippen LogP contribution in [0.15, 0.2) is 97.1 Å². The Kier molecular flexibility index (Phi) is 5.42. The van der Waals surface area contributed by atoms with E-state index in [2.05, 4.69) is 18.2 Å². The van der Waals surface area contributed by atoms with Crippen LogP contribution in [0.1, 0.15) is 5.56 Å². The number of hydrogen-bond acceptors (Lipinski definition) is 4. The lowest BCUT2D eigenvalue weighted by atomic mass is 9.90. The lowest BCUT2D eigenvalue weighted by Gasteiger charge is -2.18. The number of methoxy groups -OCH3 is 2. The van der Waals surface area contributed by atoms with Crippen LogP contribution in [0.4, 0.5) is 0 Å². The molecule has 0 aliphatic heterocycles. The second-order valence-corrected chi connectivity index (χ2v) is 8.78. The molecule has 6 aromatic rings. The number of hydrogen-bond donors (Lipinski definition) is 0. The minimum Gasteiger partial charge on any atom is -0.493 e. The highest BCUT2D eigenvalue weighted by Crippen LogP contribution is 2.46. The van der Waals surface area contributed by atoms with Gasteiger partial charge in [0.05, 0.1) is 20.6 Å². The lowest BCUT2D eigenvalue weighted by Crippen LogP contribution is -2.11. The minimum absolute atomic E-state index is 0.200. The molecule has 0 spiro atoms. The van der Waals surface area contributed by atoms with Gasteiger partial charge in [-0.1, -0.05) is 78.9 Å². The molecule has 4 nitrogen and oxygen atoms in total. The molecule has 6 aromatic carbocycles. The zero-order valence-corrected chi connectivity index (χ0v) is 20.1. The highest BCUT2D eigenvalue weighted by atomic mass is 16.5. The van der Waals surface area contributed by atoms with Gasteiger partial charge in [-0.15, -0.1) is 0 Å². The summed E-state index contributed by atoms with van der Waals surface area (Å²) in [5, 5.41) is 8.14. The smallest absolute Gasteiger partial charge is 0.315 e. The van der Waals surface area contributed by atoms with Crippen LogP contribution in [0, 0.1) is 0 Å². The van der Waals surface area contributed by atoms with Crippen LogP contribution in [0.5, 0.6) is 17.2 Å². The molecule has 0 bridgehead atoms. The van der Waals surface area contributed by atoms with E-state index in [4.69, 9.17) is 14.2 Å². The predicted octanol–water partition coefficient (Wildman–Crippen LogP) is 7.46. The number of carbonyl (C=O) groups excluding carboxylic acids is 1. The van der Waals surface area contributed by atoms with E-state index < -0.39 is 0 Å². The SMILES string of the molecule is COc1cc2c3ccccc3c3c(OC(=O)Cc4ccccc4)cc4ccccc4c3c2cc1OC. The summed E-state index contributed by atoms with van der Waals surface area (Å²) >= 11 is 0. The van der Waals surface area contributed by atoms with Gasteiger partial charge in [-0.2, -0.15) is 0 Å². The molecule has 0 amide bonds. The summed E-state index contributed by atoms with van der Waals surface area (Å²) in [5.41, 5.74) is 0.916. The highest BCUT2D eigenvalue weighted by molar-refractivity contribution is 6.33. The van der Waals surface area contributed by atoms with Crippen LogP contribution in [-0.2, 0) is 11.2 Å². The zero-order chi connectivity index (χ0) is 24.6. The molecule has 0 saturated heterocycles. The quantitative estimate of drug-likeness (QED) is 0.148. The van der Waals surface area contributed by atoms with Crippen molar-refractivity contribution >= 4 is 49.1 Å². The standard InChI is InChI=1S/C32H24O4/c1-34-27-18-25-23-14-8-9-15-24(23)32-29(36-30(33)16-20-10-4-3-5-11-20)17-21-12-6-7-13-22(21)31(32)26(25)19-28(27)35-2/h3-15,17-19H,16H2,1-2H3. The van der Waals surface area contributed by atoms with Crippen LogP contribution in [0.3, 0.4) is 0 Å². The maximum atomic E-state index is 13.1. The van der Waals surface area contributed by atoms with Crippen LogP contribution < -0.4 is 14.2 Å². The predicted molar refractivity (Wildman–Crippen MR) is 145 cm³/mol. The van der Waals surface area contributed by atoms with Crippen molar-refractivity contribution in [1.82, 2.24) is 0 Å². The molecule has 6 rings (SSSR count). The fourth-order valence-corrected chi connectivity index (χ4v) is 5.12. The number of benzene rings is 6. The summed E-state index contributed by atoms with van der Waals surface area (Å²) in [7, 11) is 3.29. The zero-order valence-electron chi connectivity index (χ0n) is 20.1. The summed E-state index contributed by atoms with van der Waals surface area (Å²) in [6, 6.07) is 32.1. The molecule has 36 heavy (non-hydrogen) atoms. The third-order valence-corrected chi connectivity index (χ3v) is 6.71. The van der Waals surface area contributed by atoms with Crippen molar-refractivity contribution in [3.63, 3.8) is 0 Å². The molecule has 0 N–H and O–H groups in total. The van der Waals surface area contributed by atoms with E-state index in [9.17, 15) is 4.79 Å². The van der Waals surface area contributed by atoms with E-state index in [1.54, 1.807) is 14.2 Å². The van der Waals surface area contributed by atoms with Crippen molar-refractivity contribution in [1.29, 1.82) is 0 Å². The molecule has 0 unspecified atom stereocenters. The first-order valence-electron chi connectivity index (χ1n) is 11.8. The van der Waals surface area contributed by atoms with E-state index in [-0.39, 0.29) is 12.4 Å². The lowest BCUT2D eigenvalue weighted by molar-refractivity contribution is -0.133. The first-order chi connectivity index (χ1) is 17.7. The van der Waals surface area contributed by atoms with E-state index >= 15 is 0 Å². The number of ether oxygens (including phenoxy) is 3. The van der Waals surface area contributed by atoms with Crippen molar-refractivity contribution in [3.8, 4) is 17.2 Å². The second-order valence-electron chi connectivity index (χ2n) is 8.78. The molecule has 0 radical (unpaired) electrons. The Bertz CT molecular complexity index is 1770. The number of rotatable bonds is 5. The van der Waals surface area contributed by atoms with Gasteiger partial charge in [-0.05, 0) is 56.1 Å². The van der Waals surface area contributed by atoms with Crippen molar-refractivity contribution in [3.05, 3.63) is 103 Å². The topological polar surface area (TPSA) is 44.8 Å². The van der Waals surface area contributed by atoms with E-state index in [0.29, 0.717) is 17.2 Å². The Morgan fingerprint density at radius 3 is 1.92 bits per heavy atom. The van der Waals surface area contributed by atoms with Gasteiger partial charge in [0.1, 0.15) is 5.75 Å². The summed E-state index contributed by atoms with van der Waals surface area (Å²) in [5.74, 6) is 1.58. The van der Waals surface area contributed by atoms with Gasteiger partial charge >= 0.3 is 5.97 Å². The molecule has 0 heterocycles. The Hall–Kier alpha value is -4.57. The van der Waals surface area contributed by atoms with Crippen molar-refractivity contribution in [2.75, 3.05) is 14.2 Å². The Morgan fingerprint density at radius 1 is 0.583 bits per heavy atom. The maximum Gasteiger partial charge on any atom is 0.315 e. The first kappa shape index (κ1) is 21.9. The molecular formula is C32H24O4. The molecule has 0 atom stereocenters. The molecule has 0 aromatic heterocycles. The minimum atomic E-state index is -0.297. The number of esters is 1. The fraction of sp³-hybridized carbons (Fsp3) is 0.0938. The molecule has 0 saturated carbocycles. The molecule has 0 aliphatic carbocycles. The molecule has 0 aliphatic rings. The molecule has 176 valence electrons. The summed E-state index contributed by atoms with van der Waals surface area (Å²) in [6.07, 6.45) is 0.200. The average Bonchev–Trinajstić information content (AvgIpc) is 2.92. The molecule has 0 fully saturated rings. The summed E-state index contributed by atoms with van der Waals surface area (Å²) in [6.45, 7) is 0. The monoisotopic (exact) mass is 472 g/mol. The normalized spacial score (nSPS) is 11.3. The van der Waals surface area contributed by atoms with Crippen molar-refractivity contribution < 1.29 is 19.0 Å². The van der Waals surface area contributed by atoms with Crippen molar-refractivity contribution in [2.45, 2.75) is 6.42 Å². The fourth-order valence-electron chi connectivity index (χ4n) is 5.12. The van der Waals surface area contributed by atoms with Crippen LogP contribution in [0.2, 0.25) is 0 Å². The maximum absolute atomic E-state index is 13.1. The van der Waals surface area contributed by atoms with Gasteiger partial charge in [0.15, 0.2) is 11.5 Å². The second kappa shape index (κ2) is 8.90. The Labute approximate surface area is 208 Å². The molecule has 4 heteroatoms. The van der Waals surface area contributed by atoms with Gasteiger partial charge < -0.3 is 14.2 Å². The van der Waals surface area contributed by atoms with E-state index in [0.717, 1.165) is 48.7 Å². The average molecular weight is 473 g/mol. The van der Waals surface area contributed by atoms with Gasteiger partial charge in [-0.25, -0.2) is 0 Å². The van der Waals surface area contributed by atoms with Crippen LogP contribution in [0.25, 0.3) is 43.1 Å². The van der Waals surface area contributed by atoms with Gasteiger partial charge in [-0.3, -0.25) is 4.79 Å². The van der Waals surface area contributed by atoms with Gasteiger partial charge in [0.2, 0.25) is 0 Å². The van der Waals surface area contributed by atoms with Crippen molar-refractivity contribution in [2.24, 2.45) is 0 Å². The van der Waals surface area contributed by atoms with Gasteiger partial charge in [0, 0.05) is 10.8 Å². The largest absolute Gasteiger partial charge is 0.493 e. The van der Waals surface area contributed by atoms with Crippen LogP contribution >= 0.6 is 0 Å². The van der Waals surface area contributed by atoms with E-state index in [1.807, 2.05) is 78.9 Å². The molecular weight excluding hydrogens is 448 g/mol.